The Morgan fingerprint density at radius 3 is 2.68 bits per heavy atom. The number of ketones is 1. The van der Waals surface area contributed by atoms with Crippen LogP contribution in [0.3, 0.4) is 0 Å². The first kappa shape index (κ1) is 16.1. The van der Waals surface area contributed by atoms with E-state index in [-0.39, 0.29) is 11.8 Å². The number of urea groups is 1. The molecule has 2 rings (SSSR count). The van der Waals surface area contributed by atoms with Gasteiger partial charge in [-0.15, -0.1) is 0 Å². The molecule has 2 amide bonds. The van der Waals surface area contributed by atoms with E-state index in [1.165, 1.54) is 6.92 Å². The maximum absolute atomic E-state index is 12.0. The minimum Gasteiger partial charge on any atom is -0.493 e. The maximum Gasteiger partial charge on any atom is 0.319 e. The third kappa shape index (κ3) is 3.47. The van der Waals surface area contributed by atoms with Gasteiger partial charge in [0.2, 0.25) is 0 Å². The van der Waals surface area contributed by atoms with Gasteiger partial charge in [-0.2, -0.15) is 0 Å². The number of amides is 2. The van der Waals surface area contributed by atoms with Crippen molar-refractivity contribution >= 4 is 11.8 Å². The van der Waals surface area contributed by atoms with Crippen LogP contribution >= 0.6 is 0 Å². The Balaban J connectivity index is 2.37. The van der Waals surface area contributed by atoms with E-state index >= 15 is 0 Å². The Hall–Kier alpha value is -2.30. The van der Waals surface area contributed by atoms with Gasteiger partial charge in [-0.05, 0) is 18.9 Å². The van der Waals surface area contributed by atoms with E-state index in [4.69, 9.17) is 4.74 Å². The van der Waals surface area contributed by atoms with Crippen molar-refractivity contribution in [2.24, 2.45) is 11.8 Å². The number of Topliss-reactive ketones (excluding diaryl/α,β-unsaturated/α-hetero) is 1. The molecule has 1 heterocycles. The molecular formula is C17H22N2O3. The summed E-state index contributed by atoms with van der Waals surface area (Å²) in [5, 5.41) is 5.38. The van der Waals surface area contributed by atoms with Crippen molar-refractivity contribution in [1.82, 2.24) is 10.6 Å². The Morgan fingerprint density at radius 1 is 1.36 bits per heavy atom. The number of carbonyl (C=O) groups is 2. The van der Waals surface area contributed by atoms with Crippen LogP contribution in [0.2, 0.25) is 0 Å². The van der Waals surface area contributed by atoms with Gasteiger partial charge in [0.15, 0.2) is 0 Å². The van der Waals surface area contributed by atoms with Gasteiger partial charge in [0, 0.05) is 11.3 Å². The van der Waals surface area contributed by atoms with Crippen LogP contribution in [0.15, 0.2) is 36.5 Å². The quantitative estimate of drug-likeness (QED) is 0.879. The number of hydrogen-bond acceptors (Lipinski definition) is 3. The molecule has 1 aromatic rings. The molecule has 1 fully saturated rings. The summed E-state index contributed by atoms with van der Waals surface area (Å²) in [6.07, 6.45) is 0. The molecule has 0 bridgehead atoms. The first-order valence-corrected chi connectivity index (χ1v) is 7.38. The van der Waals surface area contributed by atoms with Crippen LogP contribution < -0.4 is 15.4 Å². The fourth-order valence-corrected chi connectivity index (χ4v) is 2.55. The second-order valence-electron chi connectivity index (χ2n) is 5.93. The minimum absolute atomic E-state index is 0.0545. The fraction of sp³-hybridized carbons (Fsp3) is 0.412. The van der Waals surface area contributed by atoms with Crippen molar-refractivity contribution in [1.29, 1.82) is 0 Å². The Morgan fingerprint density at radius 2 is 2.05 bits per heavy atom. The topological polar surface area (TPSA) is 67.4 Å². The average molecular weight is 302 g/mol. The van der Waals surface area contributed by atoms with E-state index in [0.717, 1.165) is 5.56 Å². The lowest BCUT2D eigenvalue weighted by molar-refractivity contribution is -0.120. The van der Waals surface area contributed by atoms with Gasteiger partial charge in [0.05, 0.1) is 18.6 Å². The highest BCUT2D eigenvalue weighted by Crippen LogP contribution is 2.35. The van der Waals surface area contributed by atoms with E-state index in [0.29, 0.717) is 24.0 Å². The number of nitrogens with one attached hydrogen (secondary N) is 2. The first-order chi connectivity index (χ1) is 10.4. The molecule has 118 valence electrons. The van der Waals surface area contributed by atoms with E-state index in [1.54, 1.807) is 0 Å². The highest BCUT2D eigenvalue weighted by Gasteiger charge is 2.37. The van der Waals surface area contributed by atoms with Gasteiger partial charge >= 0.3 is 6.03 Å². The van der Waals surface area contributed by atoms with Gasteiger partial charge in [-0.3, -0.25) is 4.79 Å². The molecule has 1 aliphatic heterocycles. The first-order valence-electron chi connectivity index (χ1n) is 7.38. The molecule has 2 N–H and O–H groups in total. The summed E-state index contributed by atoms with van der Waals surface area (Å²) in [5.74, 6) is 0.499. The molecule has 1 saturated heterocycles. The zero-order valence-electron chi connectivity index (χ0n) is 13.2. The Kier molecular flexibility index (Phi) is 4.85. The van der Waals surface area contributed by atoms with Crippen LogP contribution in [0.25, 0.3) is 0 Å². The SMILES string of the molecule is C=C1NC(=O)N[C@@H](c2ccccc2OCC(C)C)[C@@H]1C(C)=O. The molecule has 1 aromatic carbocycles. The lowest BCUT2D eigenvalue weighted by Crippen LogP contribution is -2.50. The van der Waals surface area contributed by atoms with Gasteiger partial charge in [0.25, 0.3) is 0 Å². The summed E-state index contributed by atoms with van der Waals surface area (Å²) < 4.78 is 5.84. The maximum atomic E-state index is 12.0. The molecule has 0 unspecified atom stereocenters. The second kappa shape index (κ2) is 6.64. The normalized spacial score (nSPS) is 21.3. The van der Waals surface area contributed by atoms with Gasteiger partial charge in [-0.25, -0.2) is 4.79 Å². The molecule has 1 aliphatic rings. The number of rotatable bonds is 5. The molecule has 0 saturated carbocycles. The second-order valence-corrected chi connectivity index (χ2v) is 5.93. The molecule has 0 aliphatic carbocycles. The number of ether oxygens (including phenoxy) is 1. The number of para-hydroxylation sites is 1. The van der Waals surface area contributed by atoms with E-state index < -0.39 is 12.0 Å². The summed E-state index contributed by atoms with van der Waals surface area (Å²) in [6, 6.07) is 6.64. The fourth-order valence-electron chi connectivity index (χ4n) is 2.55. The minimum atomic E-state index is -0.513. The Labute approximate surface area is 130 Å². The predicted octanol–water partition coefficient (Wildman–Crippen LogP) is 2.79. The molecule has 5 nitrogen and oxygen atoms in total. The number of hydrogen-bond donors (Lipinski definition) is 2. The van der Waals surface area contributed by atoms with E-state index in [2.05, 4.69) is 31.1 Å². The summed E-state index contributed by atoms with van der Waals surface area (Å²) in [5.41, 5.74) is 1.21. The number of benzene rings is 1. The standard InChI is InChI=1S/C17H22N2O3/c1-10(2)9-22-14-8-6-5-7-13(14)16-15(12(4)20)11(3)18-17(21)19-16/h5-8,10,15-16H,3,9H2,1-2,4H3,(H2,18,19,21)/t15-,16-/m0/s1. The highest BCUT2D eigenvalue weighted by atomic mass is 16.5. The van der Waals surface area contributed by atoms with Crippen molar-refractivity contribution in [2.75, 3.05) is 6.61 Å². The van der Waals surface area contributed by atoms with Crippen molar-refractivity contribution < 1.29 is 14.3 Å². The third-order valence-electron chi connectivity index (χ3n) is 3.53. The van der Waals surface area contributed by atoms with Crippen LogP contribution in [0.1, 0.15) is 32.4 Å². The molecule has 2 atom stereocenters. The third-order valence-corrected chi connectivity index (χ3v) is 3.53. The molecule has 0 spiro atoms. The van der Waals surface area contributed by atoms with E-state index in [1.807, 2.05) is 24.3 Å². The summed E-state index contributed by atoms with van der Waals surface area (Å²) >= 11 is 0. The zero-order chi connectivity index (χ0) is 16.3. The summed E-state index contributed by atoms with van der Waals surface area (Å²) in [7, 11) is 0. The largest absolute Gasteiger partial charge is 0.493 e. The molecule has 5 heteroatoms. The highest BCUT2D eigenvalue weighted by molar-refractivity contribution is 5.88. The van der Waals surface area contributed by atoms with Crippen molar-refractivity contribution in [3.8, 4) is 5.75 Å². The Bertz CT molecular complexity index is 595. The van der Waals surface area contributed by atoms with Gasteiger partial charge in [0.1, 0.15) is 11.5 Å². The summed E-state index contributed by atoms with van der Waals surface area (Å²) in [6.45, 7) is 10.0. The molecule has 0 aromatic heterocycles. The lowest BCUT2D eigenvalue weighted by atomic mass is 9.86. The van der Waals surface area contributed by atoms with Crippen molar-refractivity contribution in [3.05, 3.63) is 42.1 Å². The van der Waals surface area contributed by atoms with Crippen LogP contribution in [-0.4, -0.2) is 18.4 Å². The van der Waals surface area contributed by atoms with Crippen molar-refractivity contribution in [2.45, 2.75) is 26.8 Å². The monoisotopic (exact) mass is 302 g/mol. The molecule has 22 heavy (non-hydrogen) atoms. The average Bonchev–Trinajstić information content (AvgIpc) is 2.44. The lowest BCUT2D eigenvalue weighted by Gasteiger charge is -2.34. The van der Waals surface area contributed by atoms with Crippen LogP contribution in [0.5, 0.6) is 5.75 Å². The van der Waals surface area contributed by atoms with Crippen LogP contribution in [0, 0.1) is 11.8 Å². The number of carbonyl (C=O) groups excluding carboxylic acids is 2. The van der Waals surface area contributed by atoms with Crippen LogP contribution in [0.4, 0.5) is 4.79 Å². The molecular weight excluding hydrogens is 280 g/mol. The summed E-state index contributed by atoms with van der Waals surface area (Å²) in [4.78, 5) is 23.8. The predicted molar refractivity (Wildman–Crippen MR) is 84.5 cm³/mol. The van der Waals surface area contributed by atoms with Gasteiger partial charge < -0.3 is 15.4 Å². The smallest absolute Gasteiger partial charge is 0.319 e. The zero-order valence-corrected chi connectivity index (χ0v) is 13.2. The van der Waals surface area contributed by atoms with Crippen LogP contribution in [-0.2, 0) is 4.79 Å². The molecule has 0 radical (unpaired) electrons. The van der Waals surface area contributed by atoms with E-state index in [9.17, 15) is 9.59 Å². The van der Waals surface area contributed by atoms with Gasteiger partial charge in [-0.1, -0.05) is 38.6 Å². The van der Waals surface area contributed by atoms with Crippen molar-refractivity contribution in [3.63, 3.8) is 0 Å².